The molecule has 27 heavy (non-hydrogen) atoms. The topological polar surface area (TPSA) is 25.8 Å². The van der Waals surface area contributed by atoms with Gasteiger partial charge in [-0.25, -0.2) is 0 Å². The summed E-state index contributed by atoms with van der Waals surface area (Å²) in [6.45, 7) is 0. The molecule has 0 aliphatic heterocycles. The largest absolute Gasteiger partial charge is 0.304 e. The van der Waals surface area contributed by atoms with Crippen molar-refractivity contribution >= 4 is 21.7 Å². The summed E-state index contributed by atoms with van der Waals surface area (Å²) in [5.41, 5.74) is 5.28. The predicted octanol–water partition coefficient (Wildman–Crippen LogP) is 5.91. The Bertz CT molecular complexity index is 1140. The Kier molecular flexibility index (Phi) is 4.81. The summed E-state index contributed by atoms with van der Waals surface area (Å²) in [7, 11) is 0. The van der Waals surface area contributed by atoms with Crippen LogP contribution in [-0.2, 0) is 20.1 Å². The zero-order valence-corrected chi connectivity index (χ0v) is 16.8. The SMILES string of the molecule is [Ir].[c-]1ccc(-c2ccnc3ccccc23)cc1-c1nccc2ccccc12. The molecule has 0 aliphatic carbocycles. The van der Waals surface area contributed by atoms with Gasteiger partial charge in [0.25, 0.3) is 0 Å². The second-order valence-corrected chi connectivity index (χ2v) is 6.25. The Labute approximate surface area is 171 Å². The zero-order valence-electron chi connectivity index (χ0n) is 14.4. The van der Waals surface area contributed by atoms with Crippen LogP contribution < -0.4 is 0 Å². The molecule has 2 nitrogen and oxygen atoms in total. The summed E-state index contributed by atoms with van der Waals surface area (Å²) in [6.07, 6.45) is 3.73. The Hall–Kier alpha value is -2.87. The van der Waals surface area contributed by atoms with Crippen molar-refractivity contribution in [3.05, 3.63) is 97.3 Å². The number of para-hydroxylation sites is 1. The first kappa shape index (κ1) is 17.5. The zero-order chi connectivity index (χ0) is 17.3. The summed E-state index contributed by atoms with van der Waals surface area (Å²) in [5.74, 6) is 0. The molecular formula is C24H15IrN2-. The van der Waals surface area contributed by atoms with E-state index in [2.05, 4.69) is 64.6 Å². The molecule has 0 saturated carbocycles. The number of fused-ring (bicyclic) bond motifs is 2. The van der Waals surface area contributed by atoms with E-state index in [0.717, 1.165) is 33.1 Å². The number of pyridine rings is 2. The van der Waals surface area contributed by atoms with Gasteiger partial charge in [-0.05, 0) is 40.2 Å². The van der Waals surface area contributed by atoms with Crippen LogP contribution in [0, 0.1) is 6.07 Å². The van der Waals surface area contributed by atoms with Gasteiger partial charge in [0.2, 0.25) is 0 Å². The molecule has 0 saturated heterocycles. The monoisotopic (exact) mass is 524 g/mol. The predicted molar refractivity (Wildman–Crippen MR) is 107 cm³/mol. The molecule has 2 aromatic heterocycles. The van der Waals surface area contributed by atoms with Crippen LogP contribution in [-0.4, -0.2) is 9.97 Å². The van der Waals surface area contributed by atoms with Crippen LogP contribution in [0.2, 0.25) is 0 Å². The van der Waals surface area contributed by atoms with E-state index in [1.165, 1.54) is 10.9 Å². The third-order valence-electron chi connectivity index (χ3n) is 4.69. The molecule has 0 amide bonds. The molecule has 3 aromatic carbocycles. The molecule has 5 aromatic rings. The van der Waals surface area contributed by atoms with E-state index in [1.807, 2.05) is 42.7 Å². The summed E-state index contributed by atoms with van der Waals surface area (Å²) in [5, 5.41) is 3.48. The van der Waals surface area contributed by atoms with Crippen LogP contribution in [0.15, 0.2) is 91.3 Å². The van der Waals surface area contributed by atoms with Crippen molar-refractivity contribution in [2.45, 2.75) is 0 Å². The summed E-state index contributed by atoms with van der Waals surface area (Å²) in [6, 6.07) is 30.2. The van der Waals surface area contributed by atoms with Gasteiger partial charge in [0.1, 0.15) is 0 Å². The van der Waals surface area contributed by atoms with Gasteiger partial charge >= 0.3 is 0 Å². The van der Waals surface area contributed by atoms with Crippen molar-refractivity contribution < 1.29 is 20.1 Å². The third kappa shape index (κ3) is 3.16. The molecule has 0 bridgehead atoms. The van der Waals surface area contributed by atoms with Gasteiger partial charge in [0.05, 0.1) is 5.52 Å². The summed E-state index contributed by atoms with van der Waals surface area (Å²) >= 11 is 0. The maximum Gasteiger partial charge on any atom is 0.0707 e. The fourth-order valence-corrected chi connectivity index (χ4v) is 3.45. The fraction of sp³-hybridized carbons (Fsp3) is 0. The third-order valence-corrected chi connectivity index (χ3v) is 4.69. The van der Waals surface area contributed by atoms with E-state index in [0.29, 0.717) is 0 Å². The van der Waals surface area contributed by atoms with Crippen molar-refractivity contribution in [2.75, 3.05) is 0 Å². The molecule has 0 aliphatic rings. The Morgan fingerprint density at radius 2 is 1.48 bits per heavy atom. The van der Waals surface area contributed by atoms with Crippen LogP contribution in [0.3, 0.4) is 0 Å². The first-order chi connectivity index (χ1) is 12.9. The standard InChI is InChI=1S/C24H15N2.Ir/c1-2-9-21-17(6-1)12-14-26-24(21)19-8-5-7-18(16-19)20-13-15-25-23-11-4-3-10-22(20)23;/h1-7,9-16H;/q-1;. The second kappa shape index (κ2) is 7.40. The van der Waals surface area contributed by atoms with Gasteiger partial charge in [-0.15, -0.1) is 35.4 Å². The number of rotatable bonds is 2. The van der Waals surface area contributed by atoms with Gasteiger partial charge in [-0.2, -0.15) is 0 Å². The molecule has 0 spiro atoms. The van der Waals surface area contributed by atoms with E-state index >= 15 is 0 Å². The van der Waals surface area contributed by atoms with E-state index in [1.54, 1.807) is 0 Å². The normalized spacial score (nSPS) is 10.7. The average molecular weight is 524 g/mol. The fourth-order valence-electron chi connectivity index (χ4n) is 3.45. The van der Waals surface area contributed by atoms with Gasteiger partial charge in [-0.1, -0.05) is 42.5 Å². The quantitative estimate of drug-likeness (QED) is 0.269. The Morgan fingerprint density at radius 3 is 2.41 bits per heavy atom. The first-order valence-corrected chi connectivity index (χ1v) is 8.60. The molecule has 0 unspecified atom stereocenters. The van der Waals surface area contributed by atoms with Gasteiger partial charge in [-0.3, -0.25) is 4.98 Å². The van der Waals surface area contributed by atoms with Gasteiger partial charge in [0, 0.05) is 37.9 Å². The van der Waals surface area contributed by atoms with E-state index < -0.39 is 0 Å². The molecule has 0 atom stereocenters. The minimum absolute atomic E-state index is 0. The molecule has 3 heteroatoms. The number of aromatic nitrogens is 2. The van der Waals surface area contributed by atoms with Gasteiger partial charge in [0.15, 0.2) is 0 Å². The van der Waals surface area contributed by atoms with Crippen molar-refractivity contribution in [2.24, 2.45) is 0 Å². The van der Waals surface area contributed by atoms with Crippen molar-refractivity contribution in [3.63, 3.8) is 0 Å². The van der Waals surface area contributed by atoms with Crippen LogP contribution in [0.4, 0.5) is 0 Å². The molecule has 0 fully saturated rings. The number of hydrogen-bond donors (Lipinski definition) is 0. The van der Waals surface area contributed by atoms with Crippen molar-refractivity contribution in [1.29, 1.82) is 0 Å². The maximum absolute atomic E-state index is 4.63. The van der Waals surface area contributed by atoms with Crippen LogP contribution >= 0.6 is 0 Å². The van der Waals surface area contributed by atoms with E-state index in [9.17, 15) is 0 Å². The summed E-state index contributed by atoms with van der Waals surface area (Å²) in [4.78, 5) is 9.10. The van der Waals surface area contributed by atoms with Crippen molar-refractivity contribution in [3.8, 4) is 22.4 Å². The Morgan fingerprint density at radius 1 is 0.704 bits per heavy atom. The minimum Gasteiger partial charge on any atom is -0.304 e. The molecule has 5 rings (SSSR count). The van der Waals surface area contributed by atoms with Crippen LogP contribution in [0.1, 0.15) is 0 Å². The van der Waals surface area contributed by atoms with Crippen LogP contribution in [0.25, 0.3) is 44.1 Å². The van der Waals surface area contributed by atoms with E-state index in [4.69, 9.17) is 0 Å². The Balaban J connectivity index is 0.00000180. The number of benzene rings is 3. The molecular weight excluding hydrogens is 508 g/mol. The van der Waals surface area contributed by atoms with Gasteiger partial charge < -0.3 is 4.98 Å². The van der Waals surface area contributed by atoms with E-state index in [-0.39, 0.29) is 20.1 Å². The molecule has 0 N–H and O–H groups in total. The molecule has 1 radical (unpaired) electrons. The number of hydrogen-bond acceptors (Lipinski definition) is 2. The smallest absolute Gasteiger partial charge is 0.0707 e. The second-order valence-electron chi connectivity index (χ2n) is 6.25. The first-order valence-electron chi connectivity index (χ1n) is 8.60. The molecule has 131 valence electrons. The average Bonchev–Trinajstić information content (AvgIpc) is 2.73. The van der Waals surface area contributed by atoms with Crippen molar-refractivity contribution in [1.82, 2.24) is 9.97 Å². The maximum atomic E-state index is 4.63. The number of nitrogens with zero attached hydrogens (tertiary/aromatic N) is 2. The summed E-state index contributed by atoms with van der Waals surface area (Å²) < 4.78 is 0. The minimum atomic E-state index is 0. The van der Waals surface area contributed by atoms with Crippen LogP contribution in [0.5, 0.6) is 0 Å². The molecule has 2 heterocycles.